The van der Waals surface area contributed by atoms with Gasteiger partial charge in [0.05, 0.1) is 7.11 Å². The van der Waals surface area contributed by atoms with Crippen LogP contribution in [0, 0.1) is 5.92 Å². The summed E-state index contributed by atoms with van der Waals surface area (Å²) in [5.74, 6) is 1.70. The van der Waals surface area contributed by atoms with E-state index < -0.39 is 0 Å². The molecule has 2 nitrogen and oxygen atoms in total. The van der Waals surface area contributed by atoms with Gasteiger partial charge in [-0.1, -0.05) is 36.4 Å². The molecule has 1 unspecified atom stereocenters. The molecular formula is C20H25NO. The van der Waals surface area contributed by atoms with Crippen LogP contribution in [0.5, 0.6) is 5.75 Å². The van der Waals surface area contributed by atoms with Gasteiger partial charge < -0.3 is 10.1 Å². The summed E-state index contributed by atoms with van der Waals surface area (Å²) in [5.41, 5.74) is 4.41. The zero-order valence-electron chi connectivity index (χ0n) is 13.5. The molecule has 0 aliphatic heterocycles. The van der Waals surface area contributed by atoms with E-state index in [-0.39, 0.29) is 0 Å². The summed E-state index contributed by atoms with van der Waals surface area (Å²) in [6.07, 6.45) is 3.72. The van der Waals surface area contributed by atoms with Crippen molar-refractivity contribution in [3.05, 3.63) is 65.2 Å². The maximum Gasteiger partial charge on any atom is 0.118 e. The van der Waals surface area contributed by atoms with Crippen LogP contribution in [0.15, 0.2) is 48.5 Å². The lowest BCUT2D eigenvalue weighted by atomic mass is 9.97. The van der Waals surface area contributed by atoms with Gasteiger partial charge in [0, 0.05) is 12.6 Å². The molecule has 1 N–H and O–H groups in total. The first-order valence-corrected chi connectivity index (χ1v) is 8.17. The second-order valence-electron chi connectivity index (χ2n) is 6.41. The van der Waals surface area contributed by atoms with Gasteiger partial charge in [-0.2, -0.15) is 0 Å². The van der Waals surface area contributed by atoms with Crippen LogP contribution in [0.2, 0.25) is 0 Å². The molecule has 0 bridgehead atoms. The Bertz CT molecular complexity index is 580. The first-order chi connectivity index (χ1) is 10.7. The first kappa shape index (κ1) is 15.1. The average molecular weight is 295 g/mol. The fourth-order valence-corrected chi connectivity index (χ4v) is 3.44. The molecule has 116 valence electrons. The van der Waals surface area contributed by atoms with Crippen molar-refractivity contribution in [3.63, 3.8) is 0 Å². The number of hydrogen-bond donors (Lipinski definition) is 1. The van der Waals surface area contributed by atoms with E-state index >= 15 is 0 Å². The topological polar surface area (TPSA) is 21.3 Å². The maximum atomic E-state index is 5.19. The lowest BCUT2D eigenvalue weighted by molar-refractivity contribution is 0.408. The van der Waals surface area contributed by atoms with E-state index in [1.165, 1.54) is 24.8 Å². The molecule has 0 spiro atoms. The molecule has 0 radical (unpaired) electrons. The Morgan fingerprint density at radius 3 is 2.27 bits per heavy atom. The molecule has 1 aliphatic carbocycles. The Kier molecular flexibility index (Phi) is 4.79. The Morgan fingerprint density at radius 1 is 1.05 bits per heavy atom. The molecule has 0 heterocycles. The molecule has 1 aliphatic rings. The van der Waals surface area contributed by atoms with Crippen LogP contribution in [0.4, 0.5) is 0 Å². The molecule has 0 amide bonds. The van der Waals surface area contributed by atoms with Crippen molar-refractivity contribution >= 4 is 0 Å². The third-order valence-electron chi connectivity index (χ3n) is 4.64. The summed E-state index contributed by atoms with van der Waals surface area (Å²) in [5, 5.41) is 3.65. The molecule has 2 aromatic rings. The predicted molar refractivity (Wildman–Crippen MR) is 91.3 cm³/mol. The van der Waals surface area contributed by atoms with Crippen molar-refractivity contribution in [3.8, 4) is 5.75 Å². The Hall–Kier alpha value is -1.80. The molecule has 2 aromatic carbocycles. The van der Waals surface area contributed by atoms with E-state index in [1.807, 2.05) is 12.1 Å². The van der Waals surface area contributed by atoms with Gasteiger partial charge in [-0.25, -0.2) is 0 Å². The quantitative estimate of drug-likeness (QED) is 0.870. The van der Waals surface area contributed by atoms with Crippen LogP contribution in [0.1, 0.15) is 30.0 Å². The van der Waals surface area contributed by atoms with Gasteiger partial charge in [-0.15, -0.1) is 0 Å². The number of nitrogens with one attached hydrogen (secondary N) is 1. The van der Waals surface area contributed by atoms with E-state index in [2.05, 4.69) is 48.6 Å². The fraction of sp³-hybridized carbons (Fsp3) is 0.400. The fourth-order valence-electron chi connectivity index (χ4n) is 3.44. The standard InChI is InChI=1S/C20H25NO/c1-15(21-14-16-7-9-20(22-2)10-8-16)11-17-12-18-5-3-4-6-19(18)13-17/h3-10,15,17,21H,11-14H2,1-2H3. The summed E-state index contributed by atoms with van der Waals surface area (Å²) in [6, 6.07) is 17.7. The highest BCUT2D eigenvalue weighted by Crippen LogP contribution is 2.29. The van der Waals surface area contributed by atoms with Crippen LogP contribution >= 0.6 is 0 Å². The first-order valence-electron chi connectivity index (χ1n) is 8.17. The van der Waals surface area contributed by atoms with Gasteiger partial charge in [0.1, 0.15) is 5.75 Å². The molecular weight excluding hydrogens is 270 g/mol. The van der Waals surface area contributed by atoms with Gasteiger partial charge in [0.25, 0.3) is 0 Å². The third kappa shape index (κ3) is 3.69. The molecule has 1 atom stereocenters. The Morgan fingerprint density at radius 2 is 1.68 bits per heavy atom. The number of rotatable bonds is 6. The molecule has 22 heavy (non-hydrogen) atoms. The Balaban J connectivity index is 1.46. The Labute approximate surface area is 133 Å². The minimum atomic E-state index is 0.543. The van der Waals surface area contributed by atoms with Crippen LogP contribution in [0.3, 0.4) is 0 Å². The summed E-state index contributed by atoms with van der Waals surface area (Å²) in [4.78, 5) is 0. The van der Waals surface area contributed by atoms with Crippen molar-refractivity contribution in [1.29, 1.82) is 0 Å². The smallest absolute Gasteiger partial charge is 0.118 e. The van der Waals surface area contributed by atoms with Crippen molar-refractivity contribution in [2.24, 2.45) is 5.92 Å². The van der Waals surface area contributed by atoms with Crippen molar-refractivity contribution < 1.29 is 4.74 Å². The summed E-state index contributed by atoms with van der Waals surface area (Å²) in [6.45, 7) is 3.22. The predicted octanol–water partition coefficient (Wildman–Crippen LogP) is 3.98. The van der Waals surface area contributed by atoms with Crippen LogP contribution in [-0.2, 0) is 19.4 Å². The van der Waals surface area contributed by atoms with E-state index in [0.29, 0.717) is 6.04 Å². The minimum absolute atomic E-state index is 0.543. The number of methoxy groups -OCH3 is 1. The normalized spacial score (nSPS) is 15.5. The highest BCUT2D eigenvalue weighted by atomic mass is 16.5. The monoisotopic (exact) mass is 295 g/mol. The van der Waals surface area contributed by atoms with Gasteiger partial charge in [-0.3, -0.25) is 0 Å². The minimum Gasteiger partial charge on any atom is -0.497 e. The largest absolute Gasteiger partial charge is 0.497 e. The van der Waals surface area contributed by atoms with Crippen LogP contribution < -0.4 is 10.1 Å². The highest BCUT2D eigenvalue weighted by Gasteiger charge is 2.22. The third-order valence-corrected chi connectivity index (χ3v) is 4.64. The molecule has 0 saturated heterocycles. The highest BCUT2D eigenvalue weighted by molar-refractivity contribution is 5.32. The second kappa shape index (κ2) is 6.97. The SMILES string of the molecule is COc1ccc(CNC(C)CC2Cc3ccccc3C2)cc1. The zero-order chi connectivity index (χ0) is 15.4. The molecule has 0 fully saturated rings. The van der Waals surface area contributed by atoms with Gasteiger partial charge in [0.15, 0.2) is 0 Å². The van der Waals surface area contributed by atoms with Gasteiger partial charge in [0.2, 0.25) is 0 Å². The molecule has 3 rings (SSSR count). The summed E-state index contributed by atoms with van der Waals surface area (Å²) in [7, 11) is 1.70. The second-order valence-corrected chi connectivity index (χ2v) is 6.41. The van der Waals surface area contributed by atoms with E-state index in [4.69, 9.17) is 4.74 Å². The lowest BCUT2D eigenvalue weighted by Crippen LogP contribution is -2.28. The van der Waals surface area contributed by atoms with Crippen molar-refractivity contribution in [2.45, 2.75) is 38.8 Å². The number of fused-ring (bicyclic) bond motifs is 1. The van der Waals surface area contributed by atoms with E-state index in [9.17, 15) is 0 Å². The average Bonchev–Trinajstić information content (AvgIpc) is 2.95. The summed E-state index contributed by atoms with van der Waals surface area (Å²) >= 11 is 0. The maximum absolute atomic E-state index is 5.19. The number of hydrogen-bond acceptors (Lipinski definition) is 2. The summed E-state index contributed by atoms with van der Waals surface area (Å²) < 4.78 is 5.19. The zero-order valence-corrected chi connectivity index (χ0v) is 13.5. The van der Waals surface area contributed by atoms with Gasteiger partial charge >= 0.3 is 0 Å². The van der Waals surface area contributed by atoms with Crippen molar-refractivity contribution in [1.82, 2.24) is 5.32 Å². The van der Waals surface area contributed by atoms with Gasteiger partial charge in [-0.05, 0) is 60.9 Å². The number of benzene rings is 2. The molecule has 0 saturated carbocycles. The van der Waals surface area contributed by atoms with E-state index in [1.54, 1.807) is 18.2 Å². The van der Waals surface area contributed by atoms with Crippen LogP contribution in [0.25, 0.3) is 0 Å². The molecule has 2 heteroatoms. The van der Waals surface area contributed by atoms with Crippen LogP contribution in [-0.4, -0.2) is 13.2 Å². The lowest BCUT2D eigenvalue weighted by Gasteiger charge is -2.18. The van der Waals surface area contributed by atoms with E-state index in [0.717, 1.165) is 18.2 Å². The van der Waals surface area contributed by atoms with Crippen molar-refractivity contribution in [2.75, 3.05) is 7.11 Å². The number of ether oxygens (including phenoxy) is 1. The molecule has 0 aromatic heterocycles.